The zero-order valence-electron chi connectivity index (χ0n) is 13.0. The molecule has 0 aromatic heterocycles. The van der Waals surface area contributed by atoms with E-state index in [0.717, 1.165) is 44.0 Å². The Hall–Kier alpha value is -0.680. The van der Waals surface area contributed by atoms with Crippen molar-refractivity contribution in [2.24, 2.45) is 0 Å². The summed E-state index contributed by atoms with van der Waals surface area (Å²) in [4.78, 5) is 13.9. The third-order valence-corrected chi connectivity index (χ3v) is 3.95. The van der Waals surface area contributed by atoms with E-state index in [0.29, 0.717) is 6.04 Å². The van der Waals surface area contributed by atoms with E-state index in [1.807, 2.05) is 43.5 Å². The molecule has 0 spiro atoms. The van der Waals surface area contributed by atoms with Gasteiger partial charge in [0.05, 0.1) is 0 Å². The van der Waals surface area contributed by atoms with Crippen LogP contribution in [0.25, 0.3) is 0 Å². The van der Waals surface area contributed by atoms with Crippen molar-refractivity contribution in [3.8, 4) is 0 Å². The van der Waals surface area contributed by atoms with Gasteiger partial charge in [0, 0.05) is 37.2 Å². The van der Waals surface area contributed by atoms with Crippen LogP contribution in [0.3, 0.4) is 0 Å². The summed E-state index contributed by atoms with van der Waals surface area (Å²) in [7, 11) is 0. The lowest BCUT2D eigenvalue weighted by molar-refractivity contribution is 0.0188. The third kappa shape index (κ3) is 7.20. The van der Waals surface area contributed by atoms with Crippen molar-refractivity contribution in [1.29, 1.82) is 0 Å². The number of piperidine rings is 1. The number of carbonyl (C=O) groups excluding carboxylic acids is 1. The van der Waals surface area contributed by atoms with E-state index < -0.39 is 5.60 Å². The highest BCUT2D eigenvalue weighted by Crippen LogP contribution is 2.15. The van der Waals surface area contributed by atoms with Crippen LogP contribution in [0.15, 0.2) is 12.7 Å². The fourth-order valence-electron chi connectivity index (χ4n) is 2.14. The number of likely N-dealkylation sites (tertiary alicyclic amines) is 1. The smallest absolute Gasteiger partial charge is 0.410 e. The maximum atomic E-state index is 12.0. The molecule has 1 fully saturated rings. The van der Waals surface area contributed by atoms with Crippen LogP contribution in [-0.2, 0) is 4.74 Å². The van der Waals surface area contributed by atoms with E-state index >= 15 is 0 Å². The lowest BCUT2D eigenvalue weighted by atomic mass is 10.1. The molecular formula is C15H28N2O2S. The molecule has 1 unspecified atom stereocenters. The minimum atomic E-state index is -0.418. The van der Waals surface area contributed by atoms with Crippen molar-refractivity contribution in [1.82, 2.24) is 10.2 Å². The van der Waals surface area contributed by atoms with Gasteiger partial charge in [0.25, 0.3) is 0 Å². The van der Waals surface area contributed by atoms with Crippen LogP contribution in [0.1, 0.15) is 33.6 Å². The molecule has 5 heteroatoms. The largest absolute Gasteiger partial charge is 0.444 e. The van der Waals surface area contributed by atoms with Crippen LogP contribution in [0.2, 0.25) is 0 Å². The molecule has 0 aromatic rings. The lowest BCUT2D eigenvalue weighted by Gasteiger charge is -2.34. The predicted molar refractivity (Wildman–Crippen MR) is 86.4 cm³/mol. The molecule has 1 atom stereocenters. The average molecular weight is 300 g/mol. The Bertz CT molecular complexity index is 315. The van der Waals surface area contributed by atoms with Gasteiger partial charge in [0.15, 0.2) is 0 Å². The van der Waals surface area contributed by atoms with Crippen LogP contribution < -0.4 is 5.32 Å². The molecule has 116 valence electrons. The number of amides is 1. The molecule has 1 aliphatic heterocycles. The number of thioether (sulfide) groups is 1. The van der Waals surface area contributed by atoms with E-state index in [1.54, 1.807) is 0 Å². The average Bonchev–Trinajstić information content (AvgIpc) is 2.37. The SMILES string of the molecule is C=CCSCCNC1CCCN(C(=O)OC(C)(C)C)C1. The van der Waals surface area contributed by atoms with Crippen LogP contribution in [0.4, 0.5) is 4.79 Å². The topological polar surface area (TPSA) is 41.6 Å². The second-order valence-electron chi connectivity index (χ2n) is 6.08. The molecule has 1 heterocycles. The molecule has 0 bridgehead atoms. The maximum absolute atomic E-state index is 12.0. The van der Waals surface area contributed by atoms with Gasteiger partial charge in [-0.05, 0) is 33.6 Å². The summed E-state index contributed by atoms with van der Waals surface area (Å²) in [5, 5.41) is 3.52. The normalized spacial score (nSPS) is 19.8. The number of nitrogens with one attached hydrogen (secondary N) is 1. The Morgan fingerprint density at radius 2 is 2.30 bits per heavy atom. The summed E-state index contributed by atoms with van der Waals surface area (Å²) in [6.07, 6.45) is 3.91. The molecule has 1 rings (SSSR count). The summed E-state index contributed by atoms with van der Waals surface area (Å²) in [5.74, 6) is 2.07. The first-order valence-corrected chi connectivity index (χ1v) is 8.48. The van der Waals surface area contributed by atoms with Gasteiger partial charge in [0.2, 0.25) is 0 Å². The fourth-order valence-corrected chi connectivity index (χ4v) is 2.73. The number of ether oxygens (including phenoxy) is 1. The molecule has 1 saturated heterocycles. The molecule has 1 amide bonds. The highest BCUT2D eigenvalue weighted by Gasteiger charge is 2.27. The molecular weight excluding hydrogens is 272 g/mol. The van der Waals surface area contributed by atoms with Crippen molar-refractivity contribution >= 4 is 17.9 Å². The number of carbonyl (C=O) groups is 1. The monoisotopic (exact) mass is 300 g/mol. The number of hydrogen-bond acceptors (Lipinski definition) is 4. The summed E-state index contributed by atoms with van der Waals surface area (Å²) in [5.41, 5.74) is -0.418. The quantitative estimate of drug-likeness (QED) is 0.605. The van der Waals surface area contributed by atoms with E-state index in [-0.39, 0.29) is 6.09 Å². The van der Waals surface area contributed by atoms with Gasteiger partial charge < -0.3 is 15.0 Å². The molecule has 0 saturated carbocycles. The van der Waals surface area contributed by atoms with Crippen LogP contribution in [0, 0.1) is 0 Å². The molecule has 1 aliphatic rings. The van der Waals surface area contributed by atoms with Crippen molar-refractivity contribution in [3.63, 3.8) is 0 Å². The highest BCUT2D eigenvalue weighted by molar-refractivity contribution is 7.99. The highest BCUT2D eigenvalue weighted by atomic mass is 32.2. The minimum Gasteiger partial charge on any atom is -0.444 e. The van der Waals surface area contributed by atoms with Gasteiger partial charge in [-0.2, -0.15) is 11.8 Å². The number of hydrogen-bond donors (Lipinski definition) is 1. The molecule has 0 aromatic carbocycles. The van der Waals surface area contributed by atoms with Gasteiger partial charge in [-0.25, -0.2) is 4.79 Å². The van der Waals surface area contributed by atoms with Crippen molar-refractivity contribution in [3.05, 3.63) is 12.7 Å². The van der Waals surface area contributed by atoms with E-state index in [1.165, 1.54) is 0 Å². The van der Waals surface area contributed by atoms with E-state index in [9.17, 15) is 4.79 Å². The van der Waals surface area contributed by atoms with Crippen molar-refractivity contribution < 1.29 is 9.53 Å². The summed E-state index contributed by atoms with van der Waals surface area (Å²) >= 11 is 1.87. The second-order valence-corrected chi connectivity index (χ2v) is 7.23. The Morgan fingerprint density at radius 1 is 1.55 bits per heavy atom. The Kier molecular flexibility index (Phi) is 7.45. The third-order valence-electron chi connectivity index (χ3n) is 2.99. The fraction of sp³-hybridized carbons (Fsp3) is 0.800. The molecule has 1 N–H and O–H groups in total. The first kappa shape index (κ1) is 17.4. The first-order valence-electron chi connectivity index (χ1n) is 7.32. The summed E-state index contributed by atoms with van der Waals surface area (Å²) < 4.78 is 5.43. The number of rotatable bonds is 6. The Morgan fingerprint density at radius 3 is 2.95 bits per heavy atom. The summed E-state index contributed by atoms with van der Waals surface area (Å²) in [6.45, 7) is 12.0. The Balaban J connectivity index is 2.27. The van der Waals surface area contributed by atoms with Crippen molar-refractivity contribution in [2.45, 2.75) is 45.3 Å². The van der Waals surface area contributed by atoms with Gasteiger partial charge in [0.1, 0.15) is 5.60 Å². The zero-order valence-corrected chi connectivity index (χ0v) is 13.8. The van der Waals surface area contributed by atoms with Gasteiger partial charge >= 0.3 is 6.09 Å². The van der Waals surface area contributed by atoms with Crippen LogP contribution in [0.5, 0.6) is 0 Å². The zero-order chi connectivity index (χ0) is 15.0. The maximum Gasteiger partial charge on any atom is 0.410 e. The number of nitrogens with zero attached hydrogens (tertiary/aromatic N) is 1. The van der Waals surface area contributed by atoms with Crippen molar-refractivity contribution in [2.75, 3.05) is 31.1 Å². The van der Waals surface area contributed by atoms with Gasteiger partial charge in [-0.15, -0.1) is 6.58 Å². The lowest BCUT2D eigenvalue weighted by Crippen LogP contribution is -2.49. The van der Waals surface area contributed by atoms with E-state index in [4.69, 9.17) is 4.74 Å². The summed E-state index contributed by atoms with van der Waals surface area (Å²) in [6, 6.07) is 0.389. The minimum absolute atomic E-state index is 0.190. The molecule has 0 radical (unpaired) electrons. The Labute approximate surface area is 127 Å². The van der Waals surface area contributed by atoms with Gasteiger partial charge in [-0.3, -0.25) is 0 Å². The molecule has 0 aliphatic carbocycles. The van der Waals surface area contributed by atoms with Gasteiger partial charge in [-0.1, -0.05) is 6.08 Å². The van der Waals surface area contributed by atoms with Crippen LogP contribution >= 0.6 is 11.8 Å². The predicted octanol–water partition coefficient (Wildman–Crippen LogP) is 2.89. The molecule has 4 nitrogen and oxygen atoms in total. The standard InChI is InChI=1S/C15H28N2O2S/c1-5-10-20-11-8-16-13-7-6-9-17(12-13)14(18)19-15(2,3)4/h5,13,16H,1,6-12H2,2-4H3. The first-order chi connectivity index (χ1) is 9.42. The second kappa shape index (κ2) is 8.57. The van der Waals surface area contributed by atoms with E-state index in [2.05, 4.69) is 11.9 Å². The molecule has 20 heavy (non-hydrogen) atoms. The van der Waals surface area contributed by atoms with Crippen LogP contribution in [-0.4, -0.2) is 53.8 Å².